The van der Waals surface area contributed by atoms with Gasteiger partial charge < -0.3 is 19.2 Å². The highest BCUT2D eigenvalue weighted by molar-refractivity contribution is 9.10. The molecule has 9 nitrogen and oxygen atoms in total. The van der Waals surface area contributed by atoms with Crippen LogP contribution in [0.2, 0.25) is 10.0 Å². The Balaban J connectivity index is 1.33. The van der Waals surface area contributed by atoms with E-state index in [1.165, 1.54) is 10.9 Å². The normalized spacial score (nSPS) is 11.4. The molecule has 0 atom stereocenters. The van der Waals surface area contributed by atoms with Gasteiger partial charge in [0.05, 0.1) is 28.2 Å². The highest BCUT2D eigenvalue weighted by Crippen LogP contribution is 2.37. The monoisotopic (exact) mass is 704 g/mol. The molecule has 45 heavy (non-hydrogen) atoms. The van der Waals surface area contributed by atoms with Crippen molar-refractivity contribution in [3.8, 4) is 23.1 Å². The zero-order chi connectivity index (χ0) is 31.5. The summed E-state index contributed by atoms with van der Waals surface area (Å²) >= 11 is 15.6. The highest BCUT2D eigenvalue weighted by Gasteiger charge is 2.18. The second-order valence-corrected chi connectivity index (χ2v) is 11.4. The van der Waals surface area contributed by atoms with Crippen molar-refractivity contribution in [1.29, 1.82) is 0 Å². The maximum atomic E-state index is 13.6. The minimum Gasteiger partial charge on any atom is -0.490 e. The first-order valence-corrected chi connectivity index (χ1v) is 15.2. The van der Waals surface area contributed by atoms with E-state index in [2.05, 4.69) is 26.3 Å². The van der Waals surface area contributed by atoms with Gasteiger partial charge in [0.2, 0.25) is 5.82 Å². The van der Waals surface area contributed by atoms with Crippen molar-refractivity contribution >= 4 is 78.8 Å². The zero-order valence-corrected chi connectivity index (χ0v) is 26.7. The number of anilines is 1. The Morgan fingerprint density at radius 1 is 1.02 bits per heavy atom. The molecule has 12 heteroatoms. The molecule has 0 saturated carbocycles. The van der Waals surface area contributed by atoms with E-state index < -0.39 is 0 Å². The van der Waals surface area contributed by atoms with Gasteiger partial charge >= 0.3 is 0 Å². The molecule has 0 fully saturated rings. The number of nitrogens with zero attached hydrogens (tertiary/aromatic N) is 3. The van der Waals surface area contributed by atoms with Crippen LogP contribution in [0.15, 0.2) is 104 Å². The Morgan fingerprint density at radius 3 is 2.60 bits per heavy atom. The third kappa shape index (κ3) is 6.73. The summed E-state index contributed by atoms with van der Waals surface area (Å²) in [6.45, 7) is 1.91. The molecule has 0 aliphatic rings. The van der Waals surface area contributed by atoms with Crippen LogP contribution in [-0.2, 0) is 4.79 Å². The minimum atomic E-state index is -0.374. The summed E-state index contributed by atoms with van der Waals surface area (Å²) in [5, 5.41) is 9.57. The molecule has 0 unspecified atom stereocenters. The van der Waals surface area contributed by atoms with E-state index in [1.807, 2.05) is 13.0 Å². The predicted octanol–water partition coefficient (Wildman–Crippen LogP) is 8.18. The van der Waals surface area contributed by atoms with E-state index in [9.17, 15) is 9.59 Å². The van der Waals surface area contributed by atoms with Crippen molar-refractivity contribution < 1.29 is 18.7 Å². The van der Waals surface area contributed by atoms with E-state index in [0.717, 1.165) is 5.39 Å². The number of hydrogen-bond donors (Lipinski definition) is 1. The number of furan rings is 1. The van der Waals surface area contributed by atoms with Crippen molar-refractivity contribution in [2.45, 2.75) is 6.92 Å². The maximum Gasteiger partial charge on any atom is 0.282 e. The van der Waals surface area contributed by atoms with Gasteiger partial charge in [0.1, 0.15) is 5.58 Å². The van der Waals surface area contributed by atoms with Gasteiger partial charge in [-0.25, -0.2) is 4.98 Å². The Bertz CT molecular complexity index is 2140. The molecule has 2 heterocycles. The number of fused-ring (bicyclic) bond motifs is 2. The zero-order valence-electron chi connectivity index (χ0n) is 23.6. The van der Waals surface area contributed by atoms with Gasteiger partial charge in [-0.05, 0) is 101 Å². The summed E-state index contributed by atoms with van der Waals surface area (Å²) < 4.78 is 19.4. The summed E-state index contributed by atoms with van der Waals surface area (Å²) in [6, 6.07) is 24.2. The number of ether oxygens (including phenoxy) is 2. The van der Waals surface area contributed by atoms with Crippen molar-refractivity contribution in [3.05, 3.63) is 115 Å². The second kappa shape index (κ2) is 13.2. The lowest BCUT2D eigenvalue weighted by molar-refractivity contribution is -0.118. The molecule has 0 bridgehead atoms. The van der Waals surface area contributed by atoms with E-state index >= 15 is 0 Å². The maximum absolute atomic E-state index is 13.6. The molecule has 0 aliphatic heterocycles. The van der Waals surface area contributed by atoms with Crippen LogP contribution in [0, 0.1) is 0 Å². The molecule has 6 aromatic rings. The number of benzene rings is 4. The molecular formula is C33H23BrCl2N4O5. The molecule has 0 spiro atoms. The molecule has 1 N–H and O–H groups in total. The van der Waals surface area contributed by atoms with E-state index in [-0.39, 0.29) is 23.9 Å². The van der Waals surface area contributed by atoms with E-state index in [1.54, 1.807) is 78.9 Å². The van der Waals surface area contributed by atoms with Crippen molar-refractivity contribution in [2.75, 3.05) is 18.5 Å². The quantitative estimate of drug-likeness (QED) is 0.152. The van der Waals surface area contributed by atoms with Crippen LogP contribution in [-0.4, -0.2) is 35.0 Å². The SMILES string of the molecule is CCOc1cc(C=Nn2c(-c3cc4cc(Cl)ccc4o3)nc3ccccc3c2=O)cc(Br)c1OCC(=O)Nc1ccc(Cl)cc1. The Morgan fingerprint density at radius 2 is 1.80 bits per heavy atom. The molecule has 2 aromatic heterocycles. The van der Waals surface area contributed by atoms with Crippen molar-refractivity contribution in [2.24, 2.45) is 5.10 Å². The third-order valence-corrected chi connectivity index (χ3v) is 7.66. The largest absolute Gasteiger partial charge is 0.490 e. The van der Waals surface area contributed by atoms with E-state index in [4.69, 9.17) is 42.1 Å². The lowest BCUT2D eigenvalue weighted by Gasteiger charge is -2.14. The summed E-state index contributed by atoms with van der Waals surface area (Å²) in [5.41, 5.74) is 1.90. The molecule has 4 aromatic carbocycles. The standard InChI is InChI=1S/C33H23BrCl2N4O5/c1-2-43-28-14-19(13-25(34)31(28)44-18-30(41)38-23-10-7-21(35)8-11-23)17-37-40-32(39-26-6-4-3-5-24(26)33(40)42)29-16-20-15-22(36)9-12-27(20)45-29/h3-17H,2,18H2,1H3,(H,38,41). The Kier molecular flexibility index (Phi) is 8.88. The predicted molar refractivity (Wildman–Crippen MR) is 180 cm³/mol. The van der Waals surface area contributed by atoms with Gasteiger partial charge in [0.15, 0.2) is 23.9 Å². The number of carbonyl (C=O) groups is 1. The van der Waals surface area contributed by atoms with Crippen molar-refractivity contribution in [1.82, 2.24) is 9.66 Å². The average molecular weight is 706 g/mol. The fourth-order valence-electron chi connectivity index (χ4n) is 4.57. The molecule has 0 aliphatic carbocycles. The molecule has 0 radical (unpaired) electrons. The van der Waals surface area contributed by atoms with Crippen LogP contribution < -0.4 is 20.3 Å². The average Bonchev–Trinajstić information content (AvgIpc) is 3.44. The fourth-order valence-corrected chi connectivity index (χ4v) is 5.45. The number of aromatic nitrogens is 2. The molecular weight excluding hydrogens is 683 g/mol. The molecule has 0 saturated heterocycles. The minimum absolute atomic E-state index is 0.220. The number of amides is 1. The van der Waals surface area contributed by atoms with Crippen LogP contribution in [0.25, 0.3) is 33.5 Å². The summed E-state index contributed by atoms with van der Waals surface area (Å²) in [4.78, 5) is 30.9. The van der Waals surface area contributed by atoms with Crippen LogP contribution >= 0.6 is 39.1 Å². The van der Waals surface area contributed by atoms with Gasteiger partial charge in [-0.1, -0.05) is 35.3 Å². The topological polar surface area (TPSA) is 108 Å². The molecule has 226 valence electrons. The van der Waals surface area contributed by atoms with Gasteiger partial charge in [-0.15, -0.1) is 0 Å². The second-order valence-electron chi connectivity index (χ2n) is 9.71. The molecule has 6 rings (SSSR count). The van der Waals surface area contributed by atoms with Crippen LogP contribution in [0.1, 0.15) is 12.5 Å². The lowest BCUT2D eigenvalue weighted by atomic mass is 10.2. The first-order valence-electron chi connectivity index (χ1n) is 13.7. The van der Waals surface area contributed by atoms with Crippen LogP contribution in [0.4, 0.5) is 5.69 Å². The third-order valence-electron chi connectivity index (χ3n) is 6.58. The highest BCUT2D eigenvalue weighted by atomic mass is 79.9. The van der Waals surface area contributed by atoms with Crippen LogP contribution in [0.5, 0.6) is 11.5 Å². The number of nitrogens with one attached hydrogen (secondary N) is 1. The summed E-state index contributed by atoms with van der Waals surface area (Å²) in [5.74, 6) is 0.931. The fraction of sp³-hybridized carbons (Fsp3) is 0.0909. The van der Waals surface area contributed by atoms with Gasteiger partial charge in [-0.3, -0.25) is 9.59 Å². The number of rotatable bonds is 9. The molecule has 1 amide bonds. The first-order chi connectivity index (χ1) is 21.8. The van der Waals surface area contributed by atoms with E-state index in [0.29, 0.717) is 66.1 Å². The van der Waals surface area contributed by atoms with Crippen molar-refractivity contribution in [3.63, 3.8) is 0 Å². The van der Waals surface area contributed by atoms with Crippen LogP contribution in [0.3, 0.4) is 0 Å². The summed E-state index contributed by atoms with van der Waals surface area (Å²) in [7, 11) is 0. The van der Waals surface area contributed by atoms with Gasteiger partial charge in [-0.2, -0.15) is 9.78 Å². The van der Waals surface area contributed by atoms with Gasteiger partial charge in [0, 0.05) is 21.1 Å². The number of hydrogen-bond acceptors (Lipinski definition) is 7. The Hall–Kier alpha value is -4.64. The van der Waals surface area contributed by atoms with Gasteiger partial charge in [0.25, 0.3) is 11.5 Å². The first kappa shape index (κ1) is 30.4. The lowest BCUT2D eigenvalue weighted by Crippen LogP contribution is -2.20. The Labute approximate surface area is 275 Å². The number of halogens is 3. The number of carbonyl (C=O) groups excluding carboxylic acids is 1. The number of para-hydroxylation sites is 1. The summed E-state index contributed by atoms with van der Waals surface area (Å²) in [6.07, 6.45) is 1.51. The smallest absolute Gasteiger partial charge is 0.282 e.